The summed E-state index contributed by atoms with van der Waals surface area (Å²) in [5, 5.41) is 9.40. The molecule has 0 saturated carbocycles. The van der Waals surface area contributed by atoms with Crippen molar-refractivity contribution in [3.63, 3.8) is 0 Å². The van der Waals surface area contributed by atoms with Crippen LogP contribution in [0.25, 0.3) is 21.8 Å². The Bertz CT molecular complexity index is 1690. The first kappa shape index (κ1) is 25.9. The van der Waals surface area contributed by atoms with Crippen molar-refractivity contribution >= 4 is 45.5 Å². The molecule has 5 rings (SSSR count). The number of hydrazone groups is 1. The number of aryl methyl sites for hydroxylation is 1. The van der Waals surface area contributed by atoms with Crippen LogP contribution in [0.4, 0.5) is 5.69 Å². The van der Waals surface area contributed by atoms with E-state index in [-0.39, 0.29) is 17.2 Å². The van der Waals surface area contributed by atoms with Crippen LogP contribution in [0.2, 0.25) is 0 Å². The van der Waals surface area contributed by atoms with Gasteiger partial charge in [-0.2, -0.15) is 5.10 Å². The summed E-state index contributed by atoms with van der Waals surface area (Å²) < 4.78 is 2.29. The van der Waals surface area contributed by atoms with Crippen molar-refractivity contribution in [2.45, 2.75) is 39.7 Å². The van der Waals surface area contributed by atoms with Gasteiger partial charge in [-0.05, 0) is 78.1 Å². The maximum absolute atomic E-state index is 12.6. The standard InChI is InChI=1S/C33H32N4O2/c1-5-37-29-9-7-6-8-27(29)28-20-22(10-19-30(28)37)21-34-36-32(39)24-13-17-26(18-14-24)35-31(38)23-11-15-25(16-12-23)33(2,3)4/h6-21H,5H2,1-4H3,(H,35,38)(H,36,39)/b34-21+. The number of nitrogens with one attached hydrogen (secondary N) is 2. The molecule has 5 aromatic rings. The Hall–Kier alpha value is -4.71. The highest BCUT2D eigenvalue weighted by Crippen LogP contribution is 2.29. The highest BCUT2D eigenvalue weighted by atomic mass is 16.2. The molecular weight excluding hydrogens is 484 g/mol. The Morgan fingerprint density at radius 1 is 0.795 bits per heavy atom. The molecule has 6 heteroatoms. The summed E-state index contributed by atoms with van der Waals surface area (Å²) in [6.07, 6.45) is 1.65. The monoisotopic (exact) mass is 516 g/mol. The number of anilines is 1. The number of para-hydroxylation sites is 1. The second-order valence-corrected chi connectivity index (χ2v) is 10.6. The second-order valence-electron chi connectivity index (χ2n) is 10.6. The number of rotatable bonds is 6. The quantitative estimate of drug-likeness (QED) is 0.186. The summed E-state index contributed by atoms with van der Waals surface area (Å²) in [4.78, 5) is 25.2. The van der Waals surface area contributed by atoms with E-state index >= 15 is 0 Å². The minimum atomic E-state index is -0.328. The van der Waals surface area contributed by atoms with E-state index in [1.54, 1.807) is 30.5 Å². The lowest BCUT2D eigenvalue weighted by atomic mass is 9.87. The molecule has 0 bridgehead atoms. The number of hydrogen-bond acceptors (Lipinski definition) is 3. The van der Waals surface area contributed by atoms with Crippen LogP contribution in [0.3, 0.4) is 0 Å². The van der Waals surface area contributed by atoms with E-state index in [1.807, 2.05) is 36.4 Å². The zero-order chi connectivity index (χ0) is 27.6. The molecule has 6 nitrogen and oxygen atoms in total. The maximum atomic E-state index is 12.6. The predicted octanol–water partition coefficient (Wildman–Crippen LogP) is 7.13. The molecule has 0 spiro atoms. The third-order valence-corrected chi connectivity index (χ3v) is 6.91. The van der Waals surface area contributed by atoms with Gasteiger partial charge in [0.25, 0.3) is 11.8 Å². The van der Waals surface area contributed by atoms with Crippen LogP contribution in [0.1, 0.15) is 59.5 Å². The number of carbonyl (C=O) groups excluding carboxylic acids is 2. The smallest absolute Gasteiger partial charge is 0.271 e. The van der Waals surface area contributed by atoms with Gasteiger partial charge in [0.2, 0.25) is 0 Å². The minimum Gasteiger partial charge on any atom is -0.341 e. The second kappa shape index (κ2) is 10.6. The third kappa shape index (κ3) is 5.46. The summed E-state index contributed by atoms with van der Waals surface area (Å²) in [6, 6.07) is 28.9. The molecule has 0 atom stereocenters. The fraction of sp³-hybridized carbons (Fsp3) is 0.182. The van der Waals surface area contributed by atoms with Gasteiger partial charge < -0.3 is 9.88 Å². The Labute approximate surface area is 228 Å². The molecule has 1 aromatic heterocycles. The van der Waals surface area contributed by atoms with E-state index in [0.717, 1.165) is 17.5 Å². The summed E-state index contributed by atoms with van der Waals surface area (Å²) in [5.74, 6) is -0.526. The molecule has 1 heterocycles. The van der Waals surface area contributed by atoms with Crippen LogP contribution >= 0.6 is 0 Å². The molecule has 0 saturated heterocycles. The molecule has 2 amide bonds. The molecule has 0 fully saturated rings. The summed E-state index contributed by atoms with van der Waals surface area (Å²) in [5.41, 5.74) is 8.70. The molecule has 0 radical (unpaired) electrons. The normalized spacial score (nSPS) is 11.8. The first-order chi connectivity index (χ1) is 18.7. The van der Waals surface area contributed by atoms with E-state index in [0.29, 0.717) is 16.8 Å². The van der Waals surface area contributed by atoms with Gasteiger partial charge >= 0.3 is 0 Å². The van der Waals surface area contributed by atoms with Gasteiger partial charge in [-0.25, -0.2) is 5.43 Å². The topological polar surface area (TPSA) is 75.5 Å². The van der Waals surface area contributed by atoms with Crippen molar-refractivity contribution in [3.8, 4) is 0 Å². The molecular formula is C33H32N4O2. The Balaban J connectivity index is 1.22. The largest absolute Gasteiger partial charge is 0.341 e. The molecule has 0 aliphatic carbocycles. The lowest BCUT2D eigenvalue weighted by Gasteiger charge is -2.19. The van der Waals surface area contributed by atoms with Gasteiger partial charge in [0.1, 0.15) is 0 Å². The predicted molar refractivity (Wildman–Crippen MR) is 160 cm³/mol. The molecule has 4 aromatic carbocycles. The first-order valence-electron chi connectivity index (χ1n) is 13.1. The average molecular weight is 517 g/mol. The molecule has 0 aliphatic heterocycles. The number of fused-ring (bicyclic) bond motifs is 3. The summed E-state index contributed by atoms with van der Waals surface area (Å²) in [7, 11) is 0. The van der Waals surface area contributed by atoms with Gasteiger partial charge in [0.15, 0.2) is 0 Å². The molecule has 0 unspecified atom stereocenters. The van der Waals surface area contributed by atoms with Crippen molar-refractivity contribution in [3.05, 3.63) is 113 Å². The van der Waals surface area contributed by atoms with Gasteiger partial charge in [-0.3, -0.25) is 9.59 Å². The SMILES string of the molecule is CCn1c2ccccc2c2cc(/C=N/NC(=O)c3ccc(NC(=O)c4ccc(C(C)(C)C)cc4)cc3)ccc21. The number of aromatic nitrogens is 1. The van der Waals surface area contributed by atoms with Crippen LogP contribution in [0, 0.1) is 0 Å². The summed E-state index contributed by atoms with van der Waals surface area (Å²) >= 11 is 0. The van der Waals surface area contributed by atoms with Gasteiger partial charge in [0, 0.05) is 45.2 Å². The van der Waals surface area contributed by atoms with Crippen LogP contribution in [-0.4, -0.2) is 22.6 Å². The van der Waals surface area contributed by atoms with Crippen LogP contribution in [0.15, 0.2) is 96.1 Å². The lowest BCUT2D eigenvalue weighted by molar-refractivity contribution is 0.0954. The lowest BCUT2D eigenvalue weighted by Crippen LogP contribution is -2.18. The Kier molecular flexibility index (Phi) is 7.03. The minimum absolute atomic E-state index is 0.0272. The van der Waals surface area contributed by atoms with Crippen molar-refractivity contribution in [1.82, 2.24) is 9.99 Å². The van der Waals surface area contributed by atoms with Crippen LogP contribution in [0.5, 0.6) is 0 Å². The average Bonchev–Trinajstić information content (AvgIpc) is 3.26. The molecule has 0 aliphatic rings. The van der Waals surface area contributed by atoms with E-state index in [4.69, 9.17) is 0 Å². The third-order valence-electron chi connectivity index (χ3n) is 6.91. The summed E-state index contributed by atoms with van der Waals surface area (Å²) in [6.45, 7) is 9.44. The van der Waals surface area contributed by atoms with Crippen molar-refractivity contribution in [1.29, 1.82) is 0 Å². The van der Waals surface area contributed by atoms with Crippen molar-refractivity contribution in [2.24, 2.45) is 5.10 Å². The first-order valence-corrected chi connectivity index (χ1v) is 13.1. The molecule has 39 heavy (non-hydrogen) atoms. The van der Waals surface area contributed by atoms with E-state index in [1.165, 1.54) is 22.0 Å². The highest BCUT2D eigenvalue weighted by Gasteiger charge is 2.15. The molecule has 2 N–H and O–H groups in total. The fourth-order valence-corrected chi connectivity index (χ4v) is 4.75. The van der Waals surface area contributed by atoms with E-state index in [9.17, 15) is 9.59 Å². The Morgan fingerprint density at radius 2 is 1.44 bits per heavy atom. The van der Waals surface area contributed by atoms with Crippen molar-refractivity contribution in [2.75, 3.05) is 5.32 Å². The van der Waals surface area contributed by atoms with Crippen molar-refractivity contribution < 1.29 is 9.59 Å². The number of carbonyl (C=O) groups is 2. The van der Waals surface area contributed by atoms with Gasteiger partial charge in [-0.1, -0.05) is 57.2 Å². The van der Waals surface area contributed by atoms with Gasteiger partial charge in [0.05, 0.1) is 6.21 Å². The van der Waals surface area contributed by atoms with Crippen LogP contribution < -0.4 is 10.7 Å². The van der Waals surface area contributed by atoms with E-state index < -0.39 is 0 Å². The Morgan fingerprint density at radius 3 is 2.13 bits per heavy atom. The van der Waals surface area contributed by atoms with Crippen LogP contribution in [-0.2, 0) is 12.0 Å². The van der Waals surface area contributed by atoms with E-state index in [2.05, 4.69) is 78.4 Å². The number of nitrogens with zero attached hydrogens (tertiary/aromatic N) is 2. The zero-order valence-corrected chi connectivity index (χ0v) is 22.7. The number of hydrogen-bond donors (Lipinski definition) is 2. The highest BCUT2D eigenvalue weighted by molar-refractivity contribution is 6.09. The van der Waals surface area contributed by atoms with Gasteiger partial charge in [-0.15, -0.1) is 0 Å². The maximum Gasteiger partial charge on any atom is 0.271 e. The molecule has 196 valence electrons. The number of amides is 2. The zero-order valence-electron chi connectivity index (χ0n) is 22.7. The fourth-order valence-electron chi connectivity index (χ4n) is 4.75. The number of benzene rings is 4.